The minimum Gasteiger partial charge on any atom is -0.388 e. The Hall–Kier alpha value is -1.68. The van der Waals surface area contributed by atoms with Crippen molar-refractivity contribution in [3.63, 3.8) is 0 Å². The molecule has 24 heavy (non-hydrogen) atoms. The van der Waals surface area contributed by atoms with E-state index in [0.29, 0.717) is 18.5 Å². The molecule has 0 aromatic carbocycles. The quantitative estimate of drug-likeness (QED) is 0.899. The summed E-state index contributed by atoms with van der Waals surface area (Å²) in [6.45, 7) is 9.63. The minimum absolute atomic E-state index is 0.270. The fourth-order valence-electron chi connectivity index (χ4n) is 3.64. The van der Waals surface area contributed by atoms with Gasteiger partial charge in [0.25, 0.3) is 0 Å². The van der Waals surface area contributed by atoms with E-state index in [0.717, 1.165) is 45.2 Å². The molecule has 2 aliphatic rings. The van der Waals surface area contributed by atoms with Gasteiger partial charge in [0.2, 0.25) is 0 Å². The van der Waals surface area contributed by atoms with E-state index >= 15 is 0 Å². The number of hydrogen-bond donors (Lipinski definition) is 1. The molecule has 1 atom stereocenters. The van der Waals surface area contributed by atoms with E-state index in [1.54, 1.807) is 12.3 Å². The molecule has 1 aromatic rings. The van der Waals surface area contributed by atoms with Crippen LogP contribution in [0.3, 0.4) is 0 Å². The van der Waals surface area contributed by atoms with Gasteiger partial charge >= 0.3 is 0 Å². The van der Waals surface area contributed by atoms with Crippen molar-refractivity contribution in [2.75, 3.05) is 50.8 Å². The number of pyridine rings is 1. The average Bonchev–Trinajstić information content (AvgIpc) is 2.58. The van der Waals surface area contributed by atoms with Crippen molar-refractivity contribution in [3.8, 4) is 6.07 Å². The molecule has 2 aliphatic heterocycles. The van der Waals surface area contributed by atoms with Crippen molar-refractivity contribution >= 4 is 5.82 Å². The second kappa shape index (κ2) is 6.67. The molecule has 3 rings (SSSR count). The molecule has 6 heteroatoms. The van der Waals surface area contributed by atoms with Gasteiger partial charge in [-0.3, -0.25) is 4.90 Å². The average molecular weight is 330 g/mol. The third kappa shape index (κ3) is 3.39. The highest BCUT2D eigenvalue weighted by Crippen LogP contribution is 2.40. The van der Waals surface area contributed by atoms with Gasteiger partial charge in [0, 0.05) is 44.3 Å². The molecule has 6 nitrogen and oxygen atoms in total. The first-order chi connectivity index (χ1) is 11.4. The summed E-state index contributed by atoms with van der Waals surface area (Å²) >= 11 is 0. The second-order valence-corrected chi connectivity index (χ2v) is 7.49. The Balaban J connectivity index is 1.72. The predicted molar refractivity (Wildman–Crippen MR) is 91.8 cm³/mol. The van der Waals surface area contributed by atoms with Crippen LogP contribution in [0.1, 0.15) is 25.8 Å². The molecule has 2 fully saturated rings. The van der Waals surface area contributed by atoms with Crippen molar-refractivity contribution in [1.29, 1.82) is 5.26 Å². The van der Waals surface area contributed by atoms with Gasteiger partial charge in [-0.1, -0.05) is 13.8 Å². The summed E-state index contributed by atoms with van der Waals surface area (Å²) in [6.07, 6.45) is 2.37. The molecular formula is C18H26N4O2. The van der Waals surface area contributed by atoms with Gasteiger partial charge in [-0.15, -0.1) is 0 Å². The first-order valence-corrected chi connectivity index (χ1v) is 8.57. The van der Waals surface area contributed by atoms with Crippen molar-refractivity contribution in [1.82, 2.24) is 9.88 Å². The molecule has 1 N–H and O–H groups in total. The number of rotatable bonds is 3. The smallest absolute Gasteiger partial charge is 0.129 e. The van der Waals surface area contributed by atoms with Crippen LogP contribution >= 0.6 is 0 Å². The number of aromatic nitrogens is 1. The number of nitrogens with zero attached hydrogens (tertiary/aromatic N) is 4. The summed E-state index contributed by atoms with van der Waals surface area (Å²) < 4.78 is 5.40. The van der Waals surface area contributed by atoms with Gasteiger partial charge in [-0.25, -0.2) is 4.98 Å². The van der Waals surface area contributed by atoms with Gasteiger partial charge in [-0.05, 0) is 18.6 Å². The normalized spacial score (nSPS) is 27.7. The van der Waals surface area contributed by atoms with Crippen LogP contribution in [0, 0.1) is 16.7 Å². The monoisotopic (exact) mass is 330 g/mol. The fourth-order valence-corrected chi connectivity index (χ4v) is 3.64. The van der Waals surface area contributed by atoms with Crippen LogP contribution in [0.2, 0.25) is 0 Å². The van der Waals surface area contributed by atoms with E-state index in [9.17, 15) is 5.11 Å². The highest BCUT2D eigenvalue weighted by atomic mass is 16.5. The molecule has 1 aromatic heterocycles. The Bertz CT molecular complexity index is 622. The number of piperidine rings is 1. The summed E-state index contributed by atoms with van der Waals surface area (Å²) in [6, 6.07) is 5.70. The molecule has 0 aliphatic carbocycles. The van der Waals surface area contributed by atoms with Gasteiger partial charge in [-0.2, -0.15) is 5.26 Å². The SMILES string of the molecule is CC1(C)CN(c2cc(C#N)ccn2)CCC1(O)CN1CCOCC1. The lowest BCUT2D eigenvalue weighted by atomic mass is 9.69. The Morgan fingerprint density at radius 2 is 2.08 bits per heavy atom. The molecule has 130 valence electrons. The van der Waals surface area contributed by atoms with Crippen LogP contribution in [0.15, 0.2) is 18.3 Å². The molecule has 3 heterocycles. The zero-order valence-electron chi connectivity index (χ0n) is 14.5. The molecule has 0 radical (unpaired) electrons. The first kappa shape index (κ1) is 17.2. The van der Waals surface area contributed by atoms with Crippen LogP contribution in [-0.2, 0) is 4.74 Å². The van der Waals surface area contributed by atoms with Crippen LogP contribution in [0.5, 0.6) is 0 Å². The lowest BCUT2D eigenvalue weighted by molar-refractivity contribution is -0.111. The highest BCUT2D eigenvalue weighted by molar-refractivity contribution is 5.46. The van der Waals surface area contributed by atoms with Crippen LogP contribution in [-0.4, -0.2) is 66.5 Å². The molecule has 0 bridgehead atoms. The number of β-amino-alcohol motifs (C(OH)–C–C–N with tert-alkyl or cyclic N) is 1. The van der Waals surface area contributed by atoms with Crippen molar-refractivity contribution in [2.45, 2.75) is 25.9 Å². The molecule has 2 saturated heterocycles. The topological polar surface area (TPSA) is 72.6 Å². The molecular weight excluding hydrogens is 304 g/mol. The zero-order chi connectivity index (χ0) is 17.2. The van der Waals surface area contributed by atoms with Crippen molar-refractivity contribution in [3.05, 3.63) is 23.9 Å². The summed E-state index contributed by atoms with van der Waals surface area (Å²) in [5.74, 6) is 0.815. The van der Waals surface area contributed by atoms with Gasteiger partial charge in [0.1, 0.15) is 5.82 Å². The number of hydrogen-bond acceptors (Lipinski definition) is 6. The fraction of sp³-hybridized carbons (Fsp3) is 0.667. The summed E-state index contributed by atoms with van der Waals surface area (Å²) in [4.78, 5) is 8.88. The third-order valence-electron chi connectivity index (χ3n) is 5.43. The number of morpholine rings is 1. The van der Waals surface area contributed by atoms with Crippen molar-refractivity contribution in [2.24, 2.45) is 5.41 Å². The molecule has 0 saturated carbocycles. The largest absolute Gasteiger partial charge is 0.388 e. The maximum absolute atomic E-state index is 11.3. The maximum Gasteiger partial charge on any atom is 0.129 e. The summed E-state index contributed by atoms with van der Waals surface area (Å²) in [5.41, 5.74) is -0.381. The summed E-state index contributed by atoms with van der Waals surface area (Å²) in [5, 5.41) is 20.4. The molecule has 0 spiro atoms. The first-order valence-electron chi connectivity index (χ1n) is 8.57. The standard InChI is InChI=1S/C18H26N4O2/c1-17(2)13-22(16-11-15(12-19)3-5-20-16)6-4-18(17,23)14-21-7-9-24-10-8-21/h3,5,11,23H,4,6-10,13-14H2,1-2H3. The number of anilines is 1. The van der Waals surface area contributed by atoms with Crippen LogP contribution in [0.25, 0.3) is 0 Å². The lowest BCUT2D eigenvalue weighted by Gasteiger charge is -2.52. The lowest BCUT2D eigenvalue weighted by Crippen LogP contribution is -2.62. The Morgan fingerprint density at radius 3 is 2.75 bits per heavy atom. The predicted octanol–water partition coefficient (Wildman–Crippen LogP) is 1.25. The van der Waals surface area contributed by atoms with Gasteiger partial charge < -0.3 is 14.7 Å². The summed E-state index contributed by atoms with van der Waals surface area (Å²) in [7, 11) is 0. The van der Waals surface area contributed by atoms with E-state index in [1.807, 2.05) is 6.07 Å². The Labute approximate surface area is 143 Å². The third-order valence-corrected chi connectivity index (χ3v) is 5.43. The van der Waals surface area contributed by atoms with Crippen molar-refractivity contribution < 1.29 is 9.84 Å². The van der Waals surface area contributed by atoms with Gasteiger partial charge in [0.15, 0.2) is 0 Å². The Kier molecular flexibility index (Phi) is 4.77. The van der Waals surface area contributed by atoms with Crippen LogP contribution in [0.4, 0.5) is 5.82 Å². The number of nitriles is 1. The Morgan fingerprint density at radius 1 is 1.33 bits per heavy atom. The van der Waals surface area contributed by atoms with E-state index in [4.69, 9.17) is 10.00 Å². The number of ether oxygens (including phenoxy) is 1. The second-order valence-electron chi connectivity index (χ2n) is 7.49. The molecule has 0 amide bonds. The van der Waals surface area contributed by atoms with E-state index in [-0.39, 0.29) is 5.41 Å². The zero-order valence-corrected chi connectivity index (χ0v) is 14.5. The van der Waals surface area contributed by atoms with Crippen LogP contribution < -0.4 is 4.90 Å². The highest BCUT2D eigenvalue weighted by Gasteiger charge is 2.48. The molecule has 1 unspecified atom stereocenters. The minimum atomic E-state index is -0.728. The van der Waals surface area contributed by atoms with E-state index in [1.165, 1.54) is 0 Å². The van der Waals surface area contributed by atoms with E-state index < -0.39 is 5.60 Å². The number of aliphatic hydroxyl groups is 1. The van der Waals surface area contributed by atoms with E-state index in [2.05, 4.69) is 34.7 Å². The maximum atomic E-state index is 11.3. The van der Waals surface area contributed by atoms with Gasteiger partial charge in [0.05, 0.1) is 30.4 Å².